The van der Waals surface area contributed by atoms with Crippen molar-refractivity contribution in [2.45, 2.75) is 52.5 Å². The number of likely N-dealkylation sites (N-methyl/N-ethyl adjacent to an activating group) is 1. The molecule has 0 heterocycles. The van der Waals surface area contributed by atoms with Gasteiger partial charge in [0.25, 0.3) is 0 Å². The molecule has 0 saturated carbocycles. The van der Waals surface area contributed by atoms with Gasteiger partial charge in [0.05, 0.1) is 0 Å². The third kappa shape index (κ3) is 7.03. The van der Waals surface area contributed by atoms with Crippen molar-refractivity contribution in [3.63, 3.8) is 0 Å². The van der Waals surface area contributed by atoms with E-state index in [0.29, 0.717) is 6.04 Å². The van der Waals surface area contributed by atoms with E-state index in [-0.39, 0.29) is 0 Å². The predicted octanol–water partition coefficient (Wildman–Crippen LogP) is 2.24. The Balaban J connectivity index is 3.53. The highest BCUT2D eigenvalue weighted by atomic mass is 15.1. The van der Waals surface area contributed by atoms with Crippen LogP contribution < -0.4 is 5.73 Å². The van der Waals surface area contributed by atoms with Crippen molar-refractivity contribution in [1.29, 1.82) is 0 Å². The van der Waals surface area contributed by atoms with Crippen molar-refractivity contribution >= 4 is 0 Å². The number of unbranched alkanes of at least 4 members (excludes halogenated alkanes) is 1. The summed E-state index contributed by atoms with van der Waals surface area (Å²) in [6.45, 7) is 10.0. The molecule has 0 aliphatic rings. The maximum atomic E-state index is 6.02. The summed E-state index contributed by atoms with van der Waals surface area (Å²) in [6, 6.07) is 0.381. The Morgan fingerprint density at radius 2 is 1.85 bits per heavy atom. The smallest absolute Gasteiger partial charge is 0.0167 e. The lowest BCUT2D eigenvalue weighted by Gasteiger charge is -2.23. The Kier molecular flexibility index (Phi) is 8.46. The molecular weight excluding hydrogens is 160 g/mol. The lowest BCUT2D eigenvalue weighted by atomic mass is 10.1. The molecule has 0 fully saturated rings. The molecular formula is C11H26N2. The molecule has 0 aliphatic carbocycles. The van der Waals surface area contributed by atoms with Crippen LogP contribution in [0.1, 0.15) is 46.5 Å². The summed E-state index contributed by atoms with van der Waals surface area (Å²) < 4.78 is 0. The lowest BCUT2D eigenvalue weighted by Crippen LogP contribution is -2.37. The second-order valence-electron chi connectivity index (χ2n) is 3.80. The fourth-order valence-electron chi connectivity index (χ4n) is 1.58. The first kappa shape index (κ1) is 12.9. The topological polar surface area (TPSA) is 29.3 Å². The van der Waals surface area contributed by atoms with Gasteiger partial charge in [-0.25, -0.2) is 0 Å². The van der Waals surface area contributed by atoms with Gasteiger partial charge >= 0.3 is 0 Å². The van der Waals surface area contributed by atoms with E-state index in [2.05, 4.69) is 25.7 Å². The Morgan fingerprint density at radius 3 is 2.31 bits per heavy atom. The fraction of sp³-hybridized carbons (Fsp3) is 1.00. The fourth-order valence-corrected chi connectivity index (χ4v) is 1.58. The van der Waals surface area contributed by atoms with Gasteiger partial charge in [-0.1, -0.05) is 33.6 Å². The van der Waals surface area contributed by atoms with Gasteiger partial charge in [-0.05, 0) is 25.9 Å². The van der Waals surface area contributed by atoms with Crippen LogP contribution in [0.2, 0.25) is 0 Å². The molecule has 0 rings (SSSR count). The standard InChI is InChI=1S/C11H26N2/c1-4-7-8-11(12)10-13(6-3)9-5-2/h11H,4-10,12H2,1-3H3. The maximum Gasteiger partial charge on any atom is 0.0167 e. The predicted molar refractivity (Wildman–Crippen MR) is 59.9 cm³/mol. The molecule has 0 bridgehead atoms. The summed E-state index contributed by atoms with van der Waals surface area (Å²) >= 11 is 0. The molecule has 0 aromatic rings. The molecule has 0 saturated heterocycles. The Morgan fingerprint density at radius 1 is 1.15 bits per heavy atom. The lowest BCUT2D eigenvalue weighted by molar-refractivity contribution is 0.264. The summed E-state index contributed by atoms with van der Waals surface area (Å²) in [7, 11) is 0. The first-order valence-electron chi connectivity index (χ1n) is 5.72. The molecule has 1 atom stereocenters. The third-order valence-electron chi connectivity index (χ3n) is 2.41. The van der Waals surface area contributed by atoms with Gasteiger partial charge in [0.2, 0.25) is 0 Å². The number of rotatable bonds is 8. The van der Waals surface area contributed by atoms with Crippen molar-refractivity contribution in [2.24, 2.45) is 5.73 Å². The Bertz CT molecular complexity index is 104. The van der Waals surface area contributed by atoms with E-state index in [9.17, 15) is 0 Å². The minimum Gasteiger partial charge on any atom is -0.327 e. The van der Waals surface area contributed by atoms with Gasteiger partial charge in [-0.2, -0.15) is 0 Å². The molecule has 13 heavy (non-hydrogen) atoms. The zero-order valence-electron chi connectivity index (χ0n) is 9.55. The van der Waals surface area contributed by atoms with Gasteiger partial charge in [0.15, 0.2) is 0 Å². The summed E-state index contributed by atoms with van der Waals surface area (Å²) in [5.41, 5.74) is 6.02. The minimum absolute atomic E-state index is 0.381. The molecule has 1 unspecified atom stereocenters. The van der Waals surface area contributed by atoms with Crippen molar-refractivity contribution in [1.82, 2.24) is 4.90 Å². The Labute approximate surface area is 83.5 Å². The van der Waals surface area contributed by atoms with Gasteiger partial charge in [-0.15, -0.1) is 0 Å². The molecule has 0 aliphatic heterocycles. The quantitative estimate of drug-likeness (QED) is 0.630. The molecule has 0 spiro atoms. The summed E-state index contributed by atoms with van der Waals surface area (Å²) in [6.07, 6.45) is 4.93. The third-order valence-corrected chi connectivity index (χ3v) is 2.41. The second-order valence-corrected chi connectivity index (χ2v) is 3.80. The van der Waals surface area contributed by atoms with Crippen molar-refractivity contribution < 1.29 is 0 Å². The summed E-state index contributed by atoms with van der Waals surface area (Å²) in [5, 5.41) is 0. The SMILES string of the molecule is CCCCC(N)CN(CC)CCC. The van der Waals surface area contributed by atoms with E-state index in [1.807, 2.05) is 0 Å². The largest absolute Gasteiger partial charge is 0.327 e. The van der Waals surface area contributed by atoms with Crippen LogP contribution in [0.3, 0.4) is 0 Å². The van der Waals surface area contributed by atoms with E-state index >= 15 is 0 Å². The molecule has 80 valence electrons. The van der Waals surface area contributed by atoms with E-state index in [1.54, 1.807) is 0 Å². The first-order valence-corrected chi connectivity index (χ1v) is 5.72. The van der Waals surface area contributed by atoms with Gasteiger partial charge in [-0.3, -0.25) is 0 Å². The van der Waals surface area contributed by atoms with Crippen molar-refractivity contribution in [3.8, 4) is 0 Å². The number of hydrogen-bond acceptors (Lipinski definition) is 2. The number of nitrogens with zero attached hydrogens (tertiary/aromatic N) is 1. The number of nitrogens with two attached hydrogens (primary N) is 1. The summed E-state index contributed by atoms with van der Waals surface area (Å²) in [5.74, 6) is 0. The monoisotopic (exact) mass is 186 g/mol. The second kappa shape index (κ2) is 8.52. The zero-order valence-corrected chi connectivity index (χ0v) is 9.55. The molecule has 0 radical (unpaired) electrons. The van der Waals surface area contributed by atoms with Crippen LogP contribution in [0.25, 0.3) is 0 Å². The highest BCUT2D eigenvalue weighted by Gasteiger charge is 2.07. The first-order chi connectivity index (χ1) is 6.24. The van der Waals surface area contributed by atoms with Crippen LogP contribution in [0.5, 0.6) is 0 Å². The zero-order chi connectivity index (χ0) is 10.1. The highest BCUT2D eigenvalue weighted by molar-refractivity contribution is 4.67. The van der Waals surface area contributed by atoms with E-state index in [1.165, 1.54) is 32.2 Å². The van der Waals surface area contributed by atoms with Gasteiger partial charge < -0.3 is 10.6 Å². The van der Waals surface area contributed by atoms with Crippen LogP contribution in [-0.4, -0.2) is 30.6 Å². The molecule has 0 amide bonds. The van der Waals surface area contributed by atoms with Crippen molar-refractivity contribution in [2.75, 3.05) is 19.6 Å². The maximum absolute atomic E-state index is 6.02. The van der Waals surface area contributed by atoms with Gasteiger partial charge in [0.1, 0.15) is 0 Å². The Hall–Kier alpha value is -0.0800. The van der Waals surface area contributed by atoms with Crippen molar-refractivity contribution in [3.05, 3.63) is 0 Å². The normalized spacial score (nSPS) is 13.6. The average molecular weight is 186 g/mol. The van der Waals surface area contributed by atoms with E-state index in [0.717, 1.165) is 13.1 Å². The van der Waals surface area contributed by atoms with E-state index in [4.69, 9.17) is 5.73 Å². The average Bonchev–Trinajstić information content (AvgIpc) is 2.14. The van der Waals surface area contributed by atoms with Crippen LogP contribution in [0.4, 0.5) is 0 Å². The van der Waals surface area contributed by atoms with Crippen LogP contribution in [-0.2, 0) is 0 Å². The van der Waals surface area contributed by atoms with Gasteiger partial charge in [0, 0.05) is 12.6 Å². The molecule has 0 aromatic heterocycles. The molecule has 2 heteroatoms. The molecule has 2 nitrogen and oxygen atoms in total. The highest BCUT2D eigenvalue weighted by Crippen LogP contribution is 2.01. The summed E-state index contributed by atoms with van der Waals surface area (Å²) in [4.78, 5) is 2.44. The molecule has 0 aromatic carbocycles. The van der Waals surface area contributed by atoms with Crippen LogP contribution >= 0.6 is 0 Å². The van der Waals surface area contributed by atoms with Crippen LogP contribution in [0.15, 0.2) is 0 Å². The van der Waals surface area contributed by atoms with Crippen LogP contribution in [0, 0.1) is 0 Å². The number of hydrogen-bond donors (Lipinski definition) is 1. The minimum atomic E-state index is 0.381. The van der Waals surface area contributed by atoms with E-state index < -0.39 is 0 Å². The molecule has 2 N–H and O–H groups in total.